The lowest BCUT2D eigenvalue weighted by Crippen LogP contribution is -2.31. The first-order valence-corrected chi connectivity index (χ1v) is 6.65. The number of carbonyl (C=O) groups excluding carboxylic acids is 1. The van der Waals surface area contributed by atoms with Crippen molar-refractivity contribution in [3.05, 3.63) is 35.6 Å². The highest BCUT2D eigenvalue weighted by molar-refractivity contribution is 5.78. The molecular weight excluding hydrogens is 229 g/mol. The van der Waals surface area contributed by atoms with Crippen LogP contribution < -0.4 is 5.32 Å². The van der Waals surface area contributed by atoms with Crippen molar-refractivity contribution in [2.45, 2.75) is 39.5 Å². The van der Waals surface area contributed by atoms with E-state index in [9.17, 15) is 9.18 Å². The minimum atomic E-state index is -0.240. The SMILES string of the molecule is CCCCCNC(=O)C(C)Cc1ccc(F)cc1. The van der Waals surface area contributed by atoms with Gasteiger partial charge in [0.25, 0.3) is 0 Å². The Labute approximate surface area is 109 Å². The topological polar surface area (TPSA) is 29.1 Å². The maximum absolute atomic E-state index is 12.7. The van der Waals surface area contributed by atoms with Crippen LogP contribution in [0.5, 0.6) is 0 Å². The molecule has 0 aliphatic heterocycles. The Hall–Kier alpha value is -1.38. The second kappa shape index (κ2) is 7.85. The van der Waals surface area contributed by atoms with Gasteiger partial charge in [-0.25, -0.2) is 4.39 Å². The first-order valence-electron chi connectivity index (χ1n) is 6.65. The van der Waals surface area contributed by atoms with Crippen LogP contribution in [0.15, 0.2) is 24.3 Å². The minimum Gasteiger partial charge on any atom is -0.356 e. The van der Waals surface area contributed by atoms with Crippen molar-refractivity contribution in [3.63, 3.8) is 0 Å². The third-order valence-electron chi connectivity index (χ3n) is 2.98. The maximum Gasteiger partial charge on any atom is 0.223 e. The minimum absolute atomic E-state index is 0.0721. The summed E-state index contributed by atoms with van der Waals surface area (Å²) < 4.78 is 12.7. The average Bonchev–Trinajstić information content (AvgIpc) is 2.37. The van der Waals surface area contributed by atoms with Gasteiger partial charge in [0.2, 0.25) is 5.91 Å². The molecule has 2 nitrogen and oxygen atoms in total. The van der Waals surface area contributed by atoms with Gasteiger partial charge in [0.1, 0.15) is 5.82 Å². The van der Waals surface area contributed by atoms with Crippen molar-refractivity contribution >= 4 is 5.91 Å². The fraction of sp³-hybridized carbons (Fsp3) is 0.533. The number of halogens is 1. The highest BCUT2D eigenvalue weighted by Gasteiger charge is 2.12. The summed E-state index contributed by atoms with van der Waals surface area (Å²) >= 11 is 0. The molecule has 1 rings (SSSR count). The van der Waals surface area contributed by atoms with Crippen LogP contribution in [0.4, 0.5) is 4.39 Å². The fourth-order valence-electron chi connectivity index (χ4n) is 1.83. The molecule has 100 valence electrons. The van der Waals surface area contributed by atoms with Gasteiger partial charge >= 0.3 is 0 Å². The molecule has 0 fully saturated rings. The summed E-state index contributed by atoms with van der Waals surface area (Å²) in [7, 11) is 0. The van der Waals surface area contributed by atoms with Gasteiger partial charge in [-0.15, -0.1) is 0 Å². The largest absolute Gasteiger partial charge is 0.356 e. The molecule has 0 saturated carbocycles. The molecule has 0 radical (unpaired) electrons. The number of unbranched alkanes of at least 4 members (excludes halogenated alkanes) is 2. The monoisotopic (exact) mass is 251 g/mol. The second-order valence-corrected chi connectivity index (χ2v) is 4.73. The summed E-state index contributed by atoms with van der Waals surface area (Å²) in [6.45, 7) is 4.79. The molecule has 0 aliphatic carbocycles. The Morgan fingerprint density at radius 1 is 1.28 bits per heavy atom. The van der Waals surface area contributed by atoms with Crippen LogP contribution in [0, 0.1) is 11.7 Å². The zero-order chi connectivity index (χ0) is 13.4. The number of rotatable bonds is 7. The summed E-state index contributed by atoms with van der Waals surface area (Å²) in [6, 6.07) is 6.33. The molecule has 0 spiro atoms. The van der Waals surface area contributed by atoms with Gasteiger partial charge in [0.05, 0.1) is 0 Å². The molecule has 0 aromatic heterocycles. The van der Waals surface area contributed by atoms with Crippen LogP contribution in [0.25, 0.3) is 0 Å². The van der Waals surface area contributed by atoms with Crippen LogP contribution in [-0.2, 0) is 11.2 Å². The summed E-state index contributed by atoms with van der Waals surface area (Å²) in [6.07, 6.45) is 3.99. The maximum atomic E-state index is 12.7. The van der Waals surface area contributed by atoms with Gasteiger partial charge in [-0.1, -0.05) is 38.8 Å². The molecule has 0 bridgehead atoms. The lowest BCUT2D eigenvalue weighted by molar-refractivity contribution is -0.124. The van der Waals surface area contributed by atoms with E-state index in [4.69, 9.17) is 0 Å². The van der Waals surface area contributed by atoms with Crippen LogP contribution in [0.1, 0.15) is 38.7 Å². The molecule has 1 amide bonds. The summed E-state index contributed by atoms with van der Waals surface area (Å²) in [5.74, 6) is -0.233. The second-order valence-electron chi connectivity index (χ2n) is 4.73. The van der Waals surface area contributed by atoms with Gasteiger partial charge in [-0.3, -0.25) is 4.79 Å². The molecule has 18 heavy (non-hydrogen) atoms. The number of nitrogens with one attached hydrogen (secondary N) is 1. The average molecular weight is 251 g/mol. The van der Waals surface area contributed by atoms with E-state index < -0.39 is 0 Å². The van der Waals surface area contributed by atoms with Crippen molar-refractivity contribution in [2.75, 3.05) is 6.54 Å². The molecular formula is C15H22FNO. The predicted molar refractivity (Wildman–Crippen MR) is 71.8 cm³/mol. The van der Waals surface area contributed by atoms with Crippen LogP contribution >= 0.6 is 0 Å². The Morgan fingerprint density at radius 2 is 1.94 bits per heavy atom. The zero-order valence-electron chi connectivity index (χ0n) is 11.2. The Morgan fingerprint density at radius 3 is 2.56 bits per heavy atom. The Kier molecular flexibility index (Phi) is 6.40. The third-order valence-corrected chi connectivity index (χ3v) is 2.98. The number of hydrogen-bond acceptors (Lipinski definition) is 1. The van der Waals surface area contributed by atoms with Crippen LogP contribution in [0.2, 0.25) is 0 Å². The smallest absolute Gasteiger partial charge is 0.223 e. The standard InChI is InChI=1S/C15H22FNO/c1-3-4-5-10-17-15(18)12(2)11-13-6-8-14(16)9-7-13/h6-9,12H,3-5,10-11H2,1-2H3,(H,17,18). The number of benzene rings is 1. The van der Waals surface area contributed by atoms with E-state index >= 15 is 0 Å². The van der Waals surface area contributed by atoms with Crippen molar-refractivity contribution in [1.82, 2.24) is 5.32 Å². The summed E-state index contributed by atoms with van der Waals surface area (Å²) in [4.78, 5) is 11.8. The zero-order valence-corrected chi connectivity index (χ0v) is 11.2. The van der Waals surface area contributed by atoms with E-state index in [2.05, 4.69) is 12.2 Å². The van der Waals surface area contributed by atoms with E-state index in [1.165, 1.54) is 12.1 Å². The van der Waals surface area contributed by atoms with Crippen LogP contribution in [0.3, 0.4) is 0 Å². The molecule has 1 N–H and O–H groups in total. The van der Waals surface area contributed by atoms with E-state index in [-0.39, 0.29) is 17.6 Å². The van der Waals surface area contributed by atoms with Gasteiger partial charge < -0.3 is 5.32 Å². The lowest BCUT2D eigenvalue weighted by Gasteiger charge is -2.12. The van der Waals surface area contributed by atoms with Gasteiger partial charge in [-0.2, -0.15) is 0 Å². The summed E-state index contributed by atoms with van der Waals surface area (Å²) in [5.41, 5.74) is 0.993. The number of hydrogen-bond donors (Lipinski definition) is 1. The van der Waals surface area contributed by atoms with E-state index in [0.717, 1.165) is 31.4 Å². The molecule has 0 aliphatic rings. The van der Waals surface area contributed by atoms with Gasteiger partial charge in [0, 0.05) is 12.5 Å². The first-order chi connectivity index (χ1) is 8.63. The first kappa shape index (κ1) is 14.7. The number of carbonyl (C=O) groups is 1. The number of amides is 1. The van der Waals surface area contributed by atoms with E-state index in [1.54, 1.807) is 12.1 Å². The molecule has 0 heterocycles. The lowest BCUT2D eigenvalue weighted by atomic mass is 10.0. The van der Waals surface area contributed by atoms with Crippen molar-refractivity contribution in [3.8, 4) is 0 Å². The molecule has 3 heteroatoms. The summed E-state index contributed by atoms with van der Waals surface area (Å²) in [5, 5.41) is 2.94. The molecule has 1 aromatic rings. The molecule has 0 saturated heterocycles. The quantitative estimate of drug-likeness (QED) is 0.740. The fourth-order valence-corrected chi connectivity index (χ4v) is 1.83. The van der Waals surface area contributed by atoms with E-state index in [0.29, 0.717) is 6.42 Å². The van der Waals surface area contributed by atoms with Crippen molar-refractivity contribution in [2.24, 2.45) is 5.92 Å². The molecule has 1 aromatic carbocycles. The molecule has 1 unspecified atom stereocenters. The highest BCUT2D eigenvalue weighted by atomic mass is 19.1. The highest BCUT2D eigenvalue weighted by Crippen LogP contribution is 2.09. The van der Waals surface area contributed by atoms with Gasteiger partial charge in [0.15, 0.2) is 0 Å². The molecule has 1 atom stereocenters. The normalized spacial score (nSPS) is 12.2. The predicted octanol–water partition coefficient (Wildman–Crippen LogP) is 3.31. The third kappa shape index (κ3) is 5.30. The van der Waals surface area contributed by atoms with Crippen LogP contribution in [-0.4, -0.2) is 12.5 Å². The Balaban J connectivity index is 2.33. The van der Waals surface area contributed by atoms with Gasteiger partial charge in [-0.05, 0) is 30.5 Å². The Bertz CT molecular complexity index is 361. The van der Waals surface area contributed by atoms with Crippen molar-refractivity contribution < 1.29 is 9.18 Å². The van der Waals surface area contributed by atoms with E-state index in [1.807, 2.05) is 6.92 Å². The van der Waals surface area contributed by atoms with Crippen molar-refractivity contribution in [1.29, 1.82) is 0 Å².